The molecule has 0 aromatic rings. The fraction of sp³-hybridized carbons (Fsp3) is 0.929. The molecule has 1 atom stereocenters. The summed E-state index contributed by atoms with van der Waals surface area (Å²) in [6.45, 7) is 6.00. The van der Waals surface area contributed by atoms with E-state index in [9.17, 15) is 4.79 Å². The number of carbonyl (C=O) groups excluding carboxylic acids is 1. The fourth-order valence-corrected chi connectivity index (χ4v) is 3.82. The minimum atomic E-state index is 0.197. The molecule has 0 aliphatic carbocycles. The van der Waals surface area contributed by atoms with Gasteiger partial charge in [-0.05, 0) is 51.6 Å². The molecule has 2 aliphatic rings. The highest BCUT2D eigenvalue weighted by Gasteiger charge is 2.22. The molecule has 1 unspecified atom stereocenters. The average Bonchev–Trinajstić information content (AvgIpc) is 2.47. The van der Waals surface area contributed by atoms with E-state index in [1.165, 1.54) is 12.8 Å². The number of rotatable bonds is 5. The van der Waals surface area contributed by atoms with E-state index in [0.717, 1.165) is 39.1 Å². The monoisotopic (exact) mass is 286 g/mol. The van der Waals surface area contributed by atoms with Crippen molar-refractivity contribution in [2.75, 3.05) is 32.1 Å². The Morgan fingerprint density at radius 3 is 2.68 bits per heavy atom. The summed E-state index contributed by atoms with van der Waals surface area (Å²) in [6.07, 6.45) is 4.52. The number of amides is 1. The molecule has 0 aromatic carbocycles. The van der Waals surface area contributed by atoms with Crippen LogP contribution in [-0.2, 0) is 9.53 Å². The maximum absolute atomic E-state index is 12.0. The van der Waals surface area contributed by atoms with E-state index in [0.29, 0.717) is 16.9 Å². The summed E-state index contributed by atoms with van der Waals surface area (Å²) < 4.78 is 5.36. The largest absolute Gasteiger partial charge is 0.381 e. The molecule has 5 heteroatoms. The number of ether oxygens (including phenoxy) is 1. The van der Waals surface area contributed by atoms with Crippen molar-refractivity contribution in [3.63, 3.8) is 0 Å². The minimum Gasteiger partial charge on any atom is -0.381 e. The maximum Gasteiger partial charge on any atom is 0.230 e. The topological polar surface area (TPSA) is 50.4 Å². The lowest BCUT2D eigenvalue weighted by atomic mass is 9.93. The van der Waals surface area contributed by atoms with Gasteiger partial charge in [0.2, 0.25) is 5.91 Å². The molecular weight excluding hydrogens is 260 g/mol. The van der Waals surface area contributed by atoms with E-state index < -0.39 is 0 Å². The molecule has 2 aliphatic heterocycles. The van der Waals surface area contributed by atoms with Crippen molar-refractivity contribution < 1.29 is 9.53 Å². The first-order valence-corrected chi connectivity index (χ1v) is 8.50. The van der Waals surface area contributed by atoms with Crippen LogP contribution in [0.25, 0.3) is 0 Å². The zero-order valence-electron chi connectivity index (χ0n) is 11.8. The van der Waals surface area contributed by atoms with Gasteiger partial charge in [0.25, 0.3) is 0 Å². The van der Waals surface area contributed by atoms with Crippen molar-refractivity contribution in [3.05, 3.63) is 0 Å². The summed E-state index contributed by atoms with van der Waals surface area (Å²) >= 11 is 1.82. The van der Waals surface area contributed by atoms with Gasteiger partial charge in [-0.2, -0.15) is 0 Å². The predicted molar refractivity (Wildman–Crippen MR) is 79.5 cm³/mol. The molecule has 110 valence electrons. The molecule has 2 rings (SSSR count). The number of carbonyl (C=O) groups is 1. The molecule has 2 fully saturated rings. The first-order valence-electron chi connectivity index (χ1n) is 7.45. The maximum atomic E-state index is 12.0. The molecule has 19 heavy (non-hydrogen) atoms. The van der Waals surface area contributed by atoms with Crippen molar-refractivity contribution >= 4 is 17.7 Å². The highest BCUT2D eigenvalue weighted by molar-refractivity contribution is 8.00. The Morgan fingerprint density at radius 2 is 2.00 bits per heavy atom. The van der Waals surface area contributed by atoms with Gasteiger partial charge >= 0.3 is 0 Å². The third kappa shape index (κ3) is 5.32. The average molecular weight is 286 g/mol. The van der Waals surface area contributed by atoms with Gasteiger partial charge in [-0.3, -0.25) is 4.79 Å². The predicted octanol–water partition coefficient (Wildman–Crippen LogP) is 1.40. The minimum absolute atomic E-state index is 0.197. The van der Waals surface area contributed by atoms with Crippen molar-refractivity contribution in [1.82, 2.24) is 10.6 Å². The van der Waals surface area contributed by atoms with Gasteiger partial charge < -0.3 is 15.4 Å². The number of piperidine rings is 1. The summed E-state index contributed by atoms with van der Waals surface area (Å²) in [5.74, 6) is 1.39. The lowest BCUT2D eigenvalue weighted by Gasteiger charge is -2.28. The van der Waals surface area contributed by atoms with E-state index in [1.807, 2.05) is 11.8 Å². The normalized spacial score (nSPS) is 24.1. The van der Waals surface area contributed by atoms with Gasteiger partial charge in [0.05, 0.1) is 5.75 Å². The van der Waals surface area contributed by atoms with E-state index >= 15 is 0 Å². The Hall–Kier alpha value is -0.260. The Bertz CT molecular complexity index is 277. The summed E-state index contributed by atoms with van der Waals surface area (Å²) in [7, 11) is 0. The second-order valence-electron chi connectivity index (χ2n) is 5.57. The van der Waals surface area contributed by atoms with Crippen LogP contribution in [0.4, 0.5) is 0 Å². The second-order valence-corrected chi connectivity index (χ2v) is 6.86. The summed E-state index contributed by atoms with van der Waals surface area (Å²) in [4.78, 5) is 12.0. The van der Waals surface area contributed by atoms with Crippen molar-refractivity contribution in [3.8, 4) is 0 Å². The Labute approximate surface area is 120 Å². The lowest BCUT2D eigenvalue weighted by molar-refractivity contribution is -0.119. The van der Waals surface area contributed by atoms with Crippen molar-refractivity contribution in [1.29, 1.82) is 0 Å². The Balaban J connectivity index is 1.62. The molecular formula is C14H26N2O2S. The molecule has 0 radical (unpaired) electrons. The SMILES string of the molecule is CC(NC(=O)CSC1CCNCC1)C1CCOCC1. The van der Waals surface area contributed by atoms with Crippen LogP contribution in [0.1, 0.15) is 32.6 Å². The third-order valence-corrected chi connectivity index (χ3v) is 5.47. The number of nitrogens with one attached hydrogen (secondary N) is 2. The molecule has 1 amide bonds. The van der Waals surface area contributed by atoms with Gasteiger partial charge in [-0.15, -0.1) is 11.8 Å². The Morgan fingerprint density at radius 1 is 1.32 bits per heavy atom. The van der Waals surface area contributed by atoms with Crippen LogP contribution in [0.3, 0.4) is 0 Å². The molecule has 4 nitrogen and oxygen atoms in total. The summed E-state index contributed by atoms with van der Waals surface area (Å²) in [6, 6.07) is 0.282. The first-order chi connectivity index (χ1) is 9.25. The molecule has 2 N–H and O–H groups in total. The van der Waals surface area contributed by atoms with E-state index in [1.54, 1.807) is 0 Å². The van der Waals surface area contributed by atoms with Crippen LogP contribution in [-0.4, -0.2) is 49.3 Å². The third-order valence-electron chi connectivity index (χ3n) is 4.10. The molecule has 0 spiro atoms. The molecule has 0 bridgehead atoms. The summed E-state index contributed by atoms with van der Waals surface area (Å²) in [5, 5.41) is 7.17. The molecule has 2 saturated heterocycles. The zero-order valence-corrected chi connectivity index (χ0v) is 12.6. The zero-order chi connectivity index (χ0) is 13.5. The fourth-order valence-electron chi connectivity index (χ4n) is 2.78. The van der Waals surface area contributed by atoms with E-state index in [2.05, 4.69) is 17.6 Å². The van der Waals surface area contributed by atoms with Gasteiger partial charge in [0.15, 0.2) is 0 Å². The highest BCUT2D eigenvalue weighted by atomic mass is 32.2. The van der Waals surface area contributed by atoms with Crippen LogP contribution in [0.15, 0.2) is 0 Å². The molecule has 0 aromatic heterocycles. The molecule has 2 heterocycles. The number of hydrogen-bond donors (Lipinski definition) is 2. The standard InChI is InChI=1S/C14H26N2O2S/c1-11(12-4-8-18-9-5-12)16-14(17)10-19-13-2-6-15-7-3-13/h11-13,15H,2-10H2,1H3,(H,16,17). The van der Waals surface area contributed by atoms with Gasteiger partial charge in [-0.1, -0.05) is 0 Å². The highest BCUT2D eigenvalue weighted by Crippen LogP contribution is 2.21. The van der Waals surface area contributed by atoms with E-state index in [-0.39, 0.29) is 11.9 Å². The van der Waals surface area contributed by atoms with Crippen molar-refractivity contribution in [2.45, 2.75) is 43.9 Å². The van der Waals surface area contributed by atoms with Crippen LogP contribution in [0.2, 0.25) is 0 Å². The van der Waals surface area contributed by atoms with Crippen molar-refractivity contribution in [2.24, 2.45) is 5.92 Å². The van der Waals surface area contributed by atoms with Crippen LogP contribution in [0.5, 0.6) is 0 Å². The second kappa shape index (κ2) is 8.12. The van der Waals surface area contributed by atoms with Gasteiger partial charge in [0.1, 0.15) is 0 Å². The Kier molecular flexibility index (Phi) is 6.47. The smallest absolute Gasteiger partial charge is 0.230 e. The van der Waals surface area contributed by atoms with Crippen LogP contribution >= 0.6 is 11.8 Å². The summed E-state index contributed by atoms with van der Waals surface area (Å²) in [5.41, 5.74) is 0. The van der Waals surface area contributed by atoms with Gasteiger partial charge in [-0.25, -0.2) is 0 Å². The molecule has 0 saturated carbocycles. The number of thioether (sulfide) groups is 1. The van der Waals surface area contributed by atoms with Crippen LogP contribution < -0.4 is 10.6 Å². The number of hydrogen-bond acceptors (Lipinski definition) is 4. The van der Waals surface area contributed by atoms with Crippen LogP contribution in [0, 0.1) is 5.92 Å². The van der Waals surface area contributed by atoms with E-state index in [4.69, 9.17) is 4.74 Å². The first kappa shape index (κ1) is 15.1. The quantitative estimate of drug-likeness (QED) is 0.802. The van der Waals surface area contributed by atoms with Gasteiger partial charge in [0, 0.05) is 24.5 Å². The lowest BCUT2D eigenvalue weighted by Crippen LogP contribution is -2.41.